The van der Waals surface area contributed by atoms with Crippen LogP contribution in [0.1, 0.15) is 43.2 Å². The van der Waals surface area contributed by atoms with Gasteiger partial charge in [-0.05, 0) is 66.5 Å². The summed E-state index contributed by atoms with van der Waals surface area (Å²) in [4.78, 5) is 16.7. The molecule has 0 radical (unpaired) electrons. The van der Waals surface area contributed by atoms with Gasteiger partial charge in [-0.25, -0.2) is 4.39 Å². The minimum absolute atomic E-state index is 0.0131. The molecule has 1 saturated carbocycles. The van der Waals surface area contributed by atoms with Gasteiger partial charge < -0.3 is 9.64 Å². The first kappa shape index (κ1) is 20.5. The molecule has 2 aromatic carbocycles. The maximum Gasteiger partial charge on any atom is 0.277 e. The van der Waals surface area contributed by atoms with Crippen LogP contribution in [0.15, 0.2) is 54.2 Å². The number of halogens is 1. The molecule has 1 aliphatic heterocycles. The third kappa shape index (κ3) is 4.38. The fourth-order valence-electron chi connectivity index (χ4n) is 4.05. The molecule has 30 heavy (non-hydrogen) atoms. The highest BCUT2D eigenvalue weighted by atomic mass is 32.1. The number of hydrogen-bond acceptors (Lipinski definition) is 3. The monoisotopic (exact) mass is 424 g/mol. The lowest BCUT2D eigenvalue weighted by Gasteiger charge is -2.30. The smallest absolute Gasteiger partial charge is 0.277 e. The van der Waals surface area contributed by atoms with Gasteiger partial charge >= 0.3 is 0 Å². The summed E-state index contributed by atoms with van der Waals surface area (Å²) in [6.45, 7) is 0.296. The van der Waals surface area contributed by atoms with Crippen LogP contribution in [0, 0.1) is 5.82 Å². The summed E-state index contributed by atoms with van der Waals surface area (Å²) in [7, 11) is 1.85. The standard InChI is InChI=1S/C24H25FN2O2S/c1-26-22(23(28)27(24(26)30)20-8-3-2-4-9-20)15-17-10-12-21(13-11-17)29-16-18-6-5-7-19(25)14-18/h5-7,10-15,20H,2-4,8-9,16H2,1H3. The lowest BCUT2D eigenvalue weighted by atomic mass is 9.94. The third-order valence-corrected chi connectivity index (χ3v) is 6.18. The molecule has 0 unspecified atom stereocenters. The summed E-state index contributed by atoms with van der Waals surface area (Å²) in [5.41, 5.74) is 2.27. The topological polar surface area (TPSA) is 32.8 Å². The highest BCUT2D eigenvalue weighted by Gasteiger charge is 2.40. The summed E-state index contributed by atoms with van der Waals surface area (Å²) in [5.74, 6) is 0.399. The molecular weight excluding hydrogens is 399 g/mol. The number of carbonyl (C=O) groups excluding carboxylic acids is 1. The first-order chi connectivity index (χ1) is 14.5. The molecule has 0 aromatic heterocycles. The first-order valence-corrected chi connectivity index (χ1v) is 10.7. The number of amides is 1. The molecule has 1 aliphatic carbocycles. The molecule has 0 spiro atoms. The molecule has 156 valence electrons. The second kappa shape index (κ2) is 8.96. The van der Waals surface area contributed by atoms with Gasteiger partial charge in [0.15, 0.2) is 5.11 Å². The highest BCUT2D eigenvalue weighted by molar-refractivity contribution is 7.80. The van der Waals surface area contributed by atoms with Gasteiger partial charge in [-0.15, -0.1) is 0 Å². The van der Waals surface area contributed by atoms with Crippen LogP contribution in [0.3, 0.4) is 0 Å². The van der Waals surface area contributed by atoms with Crippen molar-refractivity contribution >= 4 is 29.3 Å². The summed E-state index contributed by atoms with van der Waals surface area (Å²) in [6.07, 6.45) is 7.44. The lowest BCUT2D eigenvalue weighted by Crippen LogP contribution is -2.41. The Kier molecular flexibility index (Phi) is 6.13. The van der Waals surface area contributed by atoms with E-state index < -0.39 is 0 Å². The van der Waals surface area contributed by atoms with Crippen molar-refractivity contribution in [2.24, 2.45) is 0 Å². The first-order valence-electron chi connectivity index (χ1n) is 10.3. The molecule has 2 aromatic rings. The Balaban J connectivity index is 1.44. The van der Waals surface area contributed by atoms with Gasteiger partial charge in [0, 0.05) is 13.1 Å². The van der Waals surface area contributed by atoms with E-state index in [4.69, 9.17) is 17.0 Å². The van der Waals surface area contributed by atoms with Gasteiger partial charge in [0.05, 0.1) is 0 Å². The second-order valence-electron chi connectivity index (χ2n) is 7.83. The quantitative estimate of drug-likeness (QED) is 0.492. The number of ether oxygens (including phenoxy) is 1. The van der Waals surface area contributed by atoms with E-state index in [0.29, 0.717) is 23.2 Å². The van der Waals surface area contributed by atoms with Crippen molar-refractivity contribution in [2.45, 2.75) is 44.8 Å². The molecule has 2 aliphatic rings. The van der Waals surface area contributed by atoms with E-state index in [1.165, 1.54) is 18.6 Å². The largest absolute Gasteiger partial charge is 0.489 e. The van der Waals surface area contributed by atoms with Crippen LogP contribution in [0.2, 0.25) is 0 Å². The molecule has 4 rings (SSSR count). The average Bonchev–Trinajstić information content (AvgIpc) is 2.97. The highest BCUT2D eigenvalue weighted by Crippen LogP contribution is 2.30. The Morgan fingerprint density at radius 3 is 2.57 bits per heavy atom. The fourth-order valence-corrected chi connectivity index (χ4v) is 4.38. The van der Waals surface area contributed by atoms with Crippen molar-refractivity contribution in [2.75, 3.05) is 7.05 Å². The SMILES string of the molecule is CN1C(=S)N(C2CCCCC2)C(=O)C1=Cc1ccc(OCc2cccc(F)c2)cc1. The minimum Gasteiger partial charge on any atom is -0.489 e. The van der Waals surface area contributed by atoms with Gasteiger partial charge in [-0.3, -0.25) is 9.69 Å². The molecule has 0 N–H and O–H groups in total. The average molecular weight is 425 g/mol. The van der Waals surface area contributed by atoms with E-state index in [0.717, 1.165) is 36.8 Å². The summed E-state index contributed by atoms with van der Waals surface area (Å²) in [5, 5.41) is 0.591. The fraction of sp³-hybridized carbons (Fsp3) is 0.333. The number of nitrogens with zero attached hydrogens (tertiary/aromatic N) is 2. The zero-order chi connectivity index (χ0) is 21.1. The maximum absolute atomic E-state index is 13.3. The summed E-state index contributed by atoms with van der Waals surface area (Å²) < 4.78 is 19.0. The normalized spacial score (nSPS) is 19.1. The molecule has 1 amide bonds. The van der Waals surface area contributed by atoms with E-state index in [1.807, 2.05) is 43.5 Å². The van der Waals surface area contributed by atoms with Crippen molar-refractivity contribution in [3.63, 3.8) is 0 Å². The van der Waals surface area contributed by atoms with Crippen LogP contribution in [0.5, 0.6) is 5.75 Å². The molecule has 0 bridgehead atoms. The predicted molar refractivity (Wildman–Crippen MR) is 119 cm³/mol. The molecule has 2 fully saturated rings. The van der Waals surface area contributed by atoms with E-state index in [2.05, 4.69) is 0 Å². The number of rotatable bonds is 5. The van der Waals surface area contributed by atoms with Crippen LogP contribution in [-0.4, -0.2) is 33.9 Å². The van der Waals surface area contributed by atoms with E-state index in [-0.39, 0.29) is 17.8 Å². The van der Waals surface area contributed by atoms with Crippen molar-refractivity contribution in [1.82, 2.24) is 9.80 Å². The second-order valence-corrected chi connectivity index (χ2v) is 8.19. The molecular formula is C24H25FN2O2S. The van der Waals surface area contributed by atoms with Gasteiger partial charge in [0.1, 0.15) is 23.9 Å². The Morgan fingerprint density at radius 2 is 1.87 bits per heavy atom. The molecule has 0 atom stereocenters. The molecule has 1 heterocycles. The Hall–Kier alpha value is -2.73. The minimum atomic E-state index is -0.274. The van der Waals surface area contributed by atoms with Gasteiger partial charge in [-0.2, -0.15) is 0 Å². The van der Waals surface area contributed by atoms with Crippen molar-refractivity contribution in [1.29, 1.82) is 0 Å². The number of hydrogen-bond donors (Lipinski definition) is 0. The Morgan fingerprint density at radius 1 is 1.13 bits per heavy atom. The molecule has 6 heteroatoms. The van der Waals surface area contributed by atoms with Crippen LogP contribution in [0.4, 0.5) is 4.39 Å². The van der Waals surface area contributed by atoms with E-state index in [1.54, 1.807) is 15.9 Å². The van der Waals surface area contributed by atoms with Gasteiger partial charge in [0.2, 0.25) is 0 Å². The lowest BCUT2D eigenvalue weighted by molar-refractivity contribution is -0.124. The zero-order valence-corrected chi connectivity index (χ0v) is 17.8. The summed E-state index contributed by atoms with van der Waals surface area (Å²) in [6, 6.07) is 14.1. The van der Waals surface area contributed by atoms with E-state index in [9.17, 15) is 9.18 Å². The third-order valence-electron chi connectivity index (χ3n) is 5.71. The zero-order valence-electron chi connectivity index (χ0n) is 17.0. The summed E-state index contributed by atoms with van der Waals surface area (Å²) >= 11 is 5.57. The van der Waals surface area contributed by atoms with Crippen molar-refractivity contribution in [3.05, 3.63) is 71.2 Å². The Labute approximate surface area is 181 Å². The van der Waals surface area contributed by atoms with Crippen LogP contribution < -0.4 is 4.74 Å². The van der Waals surface area contributed by atoms with Crippen molar-refractivity contribution in [3.8, 4) is 5.75 Å². The predicted octanol–water partition coefficient (Wildman–Crippen LogP) is 5.14. The van der Waals surface area contributed by atoms with Gasteiger partial charge in [-0.1, -0.05) is 43.5 Å². The number of benzene rings is 2. The molecule has 1 saturated heterocycles. The maximum atomic E-state index is 13.3. The van der Waals surface area contributed by atoms with Crippen LogP contribution in [0.25, 0.3) is 6.08 Å². The number of thiocarbonyl (C=S) groups is 1. The molecule has 4 nitrogen and oxygen atoms in total. The van der Waals surface area contributed by atoms with E-state index >= 15 is 0 Å². The Bertz CT molecular complexity index is 967. The van der Waals surface area contributed by atoms with Gasteiger partial charge in [0.25, 0.3) is 5.91 Å². The number of likely N-dealkylation sites (N-methyl/N-ethyl adjacent to an activating group) is 1. The van der Waals surface area contributed by atoms with Crippen LogP contribution >= 0.6 is 12.2 Å². The number of carbonyl (C=O) groups is 1. The van der Waals surface area contributed by atoms with Crippen LogP contribution in [-0.2, 0) is 11.4 Å². The van der Waals surface area contributed by atoms with Crippen molar-refractivity contribution < 1.29 is 13.9 Å².